The summed E-state index contributed by atoms with van der Waals surface area (Å²) in [6.45, 7) is 1.60. The summed E-state index contributed by atoms with van der Waals surface area (Å²) in [6.07, 6.45) is -0.667. The molecule has 5 heteroatoms. The van der Waals surface area contributed by atoms with Gasteiger partial charge in [0.05, 0.1) is 0 Å². The first-order chi connectivity index (χ1) is 9.54. The Kier molecular flexibility index (Phi) is 5.25. The topological polar surface area (TPSA) is 35.5 Å². The van der Waals surface area contributed by atoms with Gasteiger partial charge in [0.25, 0.3) is 5.24 Å². The first kappa shape index (κ1) is 15.1. The molecule has 3 nitrogen and oxygen atoms in total. The van der Waals surface area contributed by atoms with E-state index in [1.54, 1.807) is 31.2 Å². The summed E-state index contributed by atoms with van der Waals surface area (Å²) in [5.41, 5.74) is 0. The van der Waals surface area contributed by atoms with E-state index in [-0.39, 0.29) is 0 Å². The van der Waals surface area contributed by atoms with Crippen molar-refractivity contribution in [2.24, 2.45) is 0 Å². The molecule has 0 spiro atoms. The van der Waals surface area contributed by atoms with Crippen LogP contribution in [0.4, 0.5) is 0 Å². The van der Waals surface area contributed by atoms with Crippen LogP contribution in [0.5, 0.6) is 17.2 Å². The van der Waals surface area contributed by atoms with Crippen molar-refractivity contribution in [2.75, 3.05) is 0 Å². The normalized spacial score (nSPS) is 11.8. The van der Waals surface area contributed by atoms with E-state index >= 15 is 0 Å². The third-order valence-corrected chi connectivity index (χ3v) is 3.53. The fourth-order valence-corrected chi connectivity index (χ4v) is 1.88. The smallest absolute Gasteiger partial charge is 0.262 e. The van der Waals surface area contributed by atoms with E-state index in [1.807, 2.05) is 24.3 Å². The number of carbonyl (C=O) groups excluding carboxylic acids is 1. The van der Waals surface area contributed by atoms with Gasteiger partial charge in [0.15, 0.2) is 6.10 Å². The minimum absolute atomic E-state index is 0.524. The summed E-state index contributed by atoms with van der Waals surface area (Å²) in [6, 6.07) is 14.8. The lowest BCUT2D eigenvalue weighted by molar-refractivity contribution is -0.117. The molecule has 0 radical (unpaired) electrons. The Hall–Kier alpha value is -1.27. The molecule has 0 fully saturated rings. The maximum Gasteiger partial charge on any atom is 0.262 e. The van der Waals surface area contributed by atoms with Gasteiger partial charge in [-0.1, -0.05) is 0 Å². The van der Waals surface area contributed by atoms with Gasteiger partial charge < -0.3 is 9.47 Å². The van der Waals surface area contributed by atoms with Crippen LogP contribution in [0.1, 0.15) is 6.92 Å². The minimum Gasteiger partial charge on any atom is -0.482 e. The standard InChI is InChI=1S/C15H12ClIO3/c1-10(15(16)18)19-12-6-8-14(9-7-12)20-13-4-2-11(17)3-5-13/h2-10H,1H3/t10-/m1/s1. The van der Waals surface area contributed by atoms with Gasteiger partial charge in [0.1, 0.15) is 17.2 Å². The highest BCUT2D eigenvalue weighted by molar-refractivity contribution is 14.1. The average Bonchev–Trinajstić information content (AvgIpc) is 2.43. The molecular weight excluding hydrogens is 391 g/mol. The van der Waals surface area contributed by atoms with Crippen molar-refractivity contribution in [2.45, 2.75) is 13.0 Å². The van der Waals surface area contributed by atoms with Crippen LogP contribution in [-0.2, 0) is 4.79 Å². The number of hydrogen-bond donors (Lipinski definition) is 0. The van der Waals surface area contributed by atoms with Crippen molar-refractivity contribution in [1.82, 2.24) is 0 Å². The van der Waals surface area contributed by atoms with Crippen molar-refractivity contribution < 1.29 is 14.3 Å². The Morgan fingerprint density at radius 1 is 1.00 bits per heavy atom. The lowest BCUT2D eigenvalue weighted by Gasteiger charge is -2.11. The second-order valence-corrected chi connectivity index (χ2v) is 5.71. The number of benzene rings is 2. The first-order valence-electron chi connectivity index (χ1n) is 5.94. The molecular formula is C15H12ClIO3. The van der Waals surface area contributed by atoms with Crippen LogP contribution in [0.2, 0.25) is 0 Å². The Bertz CT molecular complexity index is 581. The molecule has 0 aromatic heterocycles. The highest BCUT2D eigenvalue weighted by Crippen LogP contribution is 2.25. The summed E-state index contributed by atoms with van der Waals surface area (Å²) in [7, 11) is 0. The SMILES string of the molecule is C[C@@H](Oc1ccc(Oc2ccc(I)cc2)cc1)C(=O)Cl. The third kappa shape index (κ3) is 4.38. The van der Waals surface area contributed by atoms with E-state index in [0.717, 1.165) is 9.32 Å². The molecule has 20 heavy (non-hydrogen) atoms. The van der Waals surface area contributed by atoms with Gasteiger partial charge in [-0.05, 0) is 89.6 Å². The highest BCUT2D eigenvalue weighted by Gasteiger charge is 2.11. The minimum atomic E-state index is -0.667. The Balaban J connectivity index is 2.01. The van der Waals surface area contributed by atoms with Gasteiger partial charge in [-0.25, -0.2) is 0 Å². The van der Waals surface area contributed by atoms with Crippen LogP contribution < -0.4 is 9.47 Å². The monoisotopic (exact) mass is 402 g/mol. The molecule has 0 bridgehead atoms. The molecule has 2 aromatic rings. The molecule has 0 aliphatic rings. The molecule has 0 aliphatic heterocycles. The van der Waals surface area contributed by atoms with Gasteiger partial charge in [-0.2, -0.15) is 0 Å². The van der Waals surface area contributed by atoms with Crippen LogP contribution in [0.15, 0.2) is 48.5 Å². The third-order valence-electron chi connectivity index (χ3n) is 2.51. The summed E-state index contributed by atoms with van der Waals surface area (Å²) in [5.74, 6) is 2.04. The van der Waals surface area contributed by atoms with Crippen molar-refractivity contribution >= 4 is 39.4 Å². The van der Waals surface area contributed by atoms with Crippen LogP contribution in [-0.4, -0.2) is 11.3 Å². The van der Waals surface area contributed by atoms with E-state index in [1.165, 1.54) is 0 Å². The first-order valence-corrected chi connectivity index (χ1v) is 7.40. The predicted molar refractivity (Wildman–Crippen MR) is 86.6 cm³/mol. The van der Waals surface area contributed by atoms with E-state index in [2.05, 4.69) is 22.6 Å². The van der Waals surface area contributed by atoms with Crippen molar-refractivity contribution in [3.05, 3.63) is 52.1 Å². The average molecular weight is 403 g/mol. The number of halogens is 2. The van der Waals surface area contributed by atoms with E-state index < -0.39 is 11.3 Å². The molecule has 0 unspecified atom stereocenters. The number of carbonyl (C=O) groups is 1. The van der Waals surface area contributed by atoms with Gasteiger partial charge in [-0.15, -0.1) is 0 Å². The maximum absolute atomic E-state index is 10.9. The van der Waals surface area contributed by atoms with E-state index in [4.69, 9.17) is 21.1 Å². The highest BCUT2D eigenvalue weighted by atomic mass is 127. The molecule has 1 atom stereocenters. The molecule has 2 aromatic carbocycles. The molecule has 0 heterocycles. The van der Waals surface area contributed by atoms with E-state index in [9.17, 15) is 4.79 Å². The summed E-state index contributed by atoms with van der Waals surface area (Å²) >= 11 is 7.58. The second-order valence-electron chi connectivity index (χ2n) is 4.09. The number of ether oxygens (including phenoxy) is 2. The molecule has 0 N–H and O–H groups in total. The molecule has 0 aliphatic carbocycles. The molecule has 0 saturated heterocycles. The van der Waals surface area contributed by atoms with Gasteiger partial charge >= 0.3 is 0 Å². The van der Waals surface area contributed by atoms with Crippen LogP contribution >= 0.6 is 34.2 Å². The summed E-state index contributed by atoms with van der Waals surface area (Å²) < 4.78 is 12.2. The van der Waals surface area contributed by atoms with Crippen LogP contribution in [0.25, 0.3) is 0 Å². The lowest BCUT2D eigenvalue weighted by Crippen LogP contribution is -2.18. The molecule has 104 valence electrons. The number of hydrogen-bond acceptors (Lipinski definition) is 3. The lowest BCUT2D eigenvalue weighted by atomic mass is 10.3. The zero-order chi connectivity index (χ0) is 14.5. The fraction of sp³-hybridized carbons (Fsp3) is 0.133. The Morgan fingerprint density at radius 3 is 1.95 bits per heavy atom. The number of rotatable bonds is 5. The molecule has 0 saturated carbocycles. The van der Waals surface area contributed by atoms with Crippen molar-refractivity contribution in [3.63, 3.8) is 0 Å². The fourth-order valence-electron chi connectivity index (χ4n) is 1.48. The Morgan fingerprint density at radius 2 is 1.45 bits per heavy atom. The quantitative estimate of drug-likeness (QED) is 0.541. The summed E-state index contributed by atoms with van der Waals surface area (Å²) in [5, 5.41) is -0.524. The molecule has 2 rings (SSSR count). The van der Waals surface area contributed by atoms with Crippen molar-refractivity contribution in [1.29, 1.82) is 0 Å². The zero-order valence-electron chi connectivity index (χ0n) is 10.7. The second kappa shape index (κ2) is 6.95. The predicted octanol–water partition coefficient (Wildman–Crippen LogP) is 4.62. The van der Waals surface area contributed by atoms with Gasteiger partial charge in [-0.3, -0.25) is 4.79 Å². The Labute approximate surface area is 136 Å². The van der Waals surface area contributed by atoms with Gasteiger partial charge in [0.2, 0.25) is 0 Å². The zero-order valence-corrected chi connectivity index (χ0v) is 13.6. The maximum atomic E-state index is 10.9. The van der Waals surface area contributed by atoms with Crippen LogP contribution in [0, 0.1) is 3.57 Å². The molecule has 0 amide bonds. The van der Waals surface area contributed by atoms with Crippen LogP contribution in [0.3, 0.4) is 0 Å². The van der Waals surface area contributed by atoms with E-state index in [0.29, 0.717) is 11.5 Å². The summed E-state index contributed by atoms with van der Waals surface area (Å²) in [4.78, 5) is 10.9. The van der Waals surface area contributed by atoms with Crippen molar-refractivity contribution in [3.8, 4) is 17.2 Å². The largest absolute Gasteiger partial charge is 0.482 e. The van der Waals surface area contributed by atoms with Gasteiger partial charge in [0, 0.05) is 3.57 Å².